The average Bonchev–Trinajstić information content (AvgIpc) is 3.17. The predicted molar refractivity (Wildman–Crippen MR) is 105 cm³/mol. The lowest BCUT2D eigenvalue weighted by atomic mass is 10.1. The van der Waals surface area contributed by atoms with E-state index in [1.807, 2.05) is 39.8 Å². The van der Waals surface area contributed by atoms with Gasteiger partial charge < -0.3 is 10.6 Å². The van der Waals surface area contributed by atoms with Crippen LogP contribution in [0.3, 0.4) is 0 Å². The van der Waals surface area contributed by atoms with Gasteiger partial charge in [0.05, 0.1) is 11.4 Å². The lowest BCUT2D eigenvalue weighted by molar-refractivity contribution is -0.136. The Morgan fingerprint density at radius 1 is 1.27 bits per heavy atom. The summed E-state index contributed by atoms with van der Waals surface area (Å²) in [6.45, 7) is 7.89. The van der Waals surface area contributed by atoms with E-state index in [1.165, 1.54) is 5.56 Å². The van der Waals surface area contributed by atoms with Gasteiger partial charge in [0.1, 0.15) is 5.82 Å². The topological polar surface area (TPSA) is 76.0 Å². The molecule has 1 aromatic carbocycles. The monoisotopic (exact) mass is 372 g/mol. The van der Waals surface area contributed by atoms with E-state index < -0.39 is 11.8 Å². The molecule has 0 saturated heterocycles. The number of carbonyl (C=O) groups is 2. The lowest BCUT2D eigenvalue weighted by Gasteiger charge is -2.14. The number of hydrogen-bond acceptors (Lipinski definition) is 4. The normalized spacial score (nSPS) is 14.0. The van der Waals surface area contributed by atoms with Gasteiger partial charge in [0, 0.05) is 23.1 Å². The number of nitrogens with zero attached hydrogens (tertiary/aromatic N) is 2. The van der Waals surface area contributed by atoms with Crippen molar-refractivity contribution in [1.82, 2.24) is 15.1 Å². The second-order valence-electron chi connectivity index (χ2n) is 6.71. The Kier molecular flexibility index (Phi) is 5.36. The number of amides is 2. The molecular formula is C19H24N4O2S. The number of rotatable bonds is 4. The number of nitrogens with one attached hydrogen (secondary N) is 2. The molecule has 0 aliphatic carbocycles. The minimum Gasteiger partial charge on any atom is -0.345 e. The molecule has 0 unspecified atom stereocenters. The van der Waals surface area contributed by atoms with Gasteiger partial charge >= 0.3 is 11.8 Å². The Morgan fingerprint density at radius 2 is 2.04 bits per heavy atom. The molecule has 0 fully saturated rings. The second kappa shape index (κ2) is 7.53. The van der Waals surface area contributed by atoms with Gasteiger partial charge in [-0.1, -0.05) is 24.6 Å². The van der Waals surface area contributed by atoms with Crippen molar-refractivity contribution in [3.63, 3.8) is 0 Å². The van der Waals surface area contributed by atoms with E-state index in [-0.39, 0.29) is 6.04 Å². The highest BCUT2D eigenvalue weighted by Gasteiger charge is 2.27. The summed E-state index contributed by atoms with van der Waals surface area (Å²) in [4.78, 5) is 24.6. The number of carbonyl (C=O) groups excluding carboxylic acids is 2. The number of benzene rings is 1. The average molecular weight is 372 g/mol. The van der Waals surface area contributed by atoms with E-state index in [9.17, 15) is 9.59 Å². The van der Waals surface area contributed by atoms with E-state index >= 15 is 0 Å². The smallest absolute Gasteiger partial charge is 0.314 e. The molecule has 2 heterocycles. The van der Waals surface area contributed by atoms with E-state index in [0.29, 0.717) is 5.82 Å². The molecule has 0 spiro atoms. The third-order valence-electron chi connectivity index (χ3n) is 4.56. The van der Waals surface area contributed by atoms with Crippen LogP contribution in [0.25, 0.3) is 5.69 Å². The van der Waals surface area contributed by atoms with Crippen molar-refractivity contribution in [2.45, 2.75) is 51.7 Å². The Balaban J connectivity index is 1.94. The van der Waals surface area contributed by atoms with Gasteiger partial charge in [0.15, 0.2) is 0 Å². The third kappa shape index (κ3) is 3.62. The molecule has 3 rings (SSSR count). The highest BCUT2D eigenvalue weighted by Crippen LogP contribution is 2.36. The molecule has 6 nitrogen and oxygen atoms in total. The lowest BCUT2D eigenvalue weighted by Crippen LogP contribution is -2.40. The summed E-state index contributed by atoms with van der Waals surface area (Å²) >= 11 is 1.76. The zero-order valence-electron chi connectivity index (χ0n) is 15.5. The standard InChI is InChI=1S/C19H24N4O2S/c1-5-13(4)20-18(24)19(25)21-17-14-9-26-10-15(14)22-23(17)16-7-6-11(2)8-12(16)3/h6-8,13H,5,9-10H2,1-4H3,(H,20,24)(H,21,25)/t13-/m1/s1. The quantitative estimate of drug-likeness (QED) is 0.809. The van der Waals surface area contributed by atoms with Crippen LogP contribution in [0.15, 0.2) is 18.2 Å². The molecule has 138 valence electrons. The summed E-state index contributed by atoms with van der Waals surface area (Å²) < 4.78 is 1.76. The number of hydrogen-bond donors (Lipinski definition) is 2. The summed E-state index contributed by atoms with van der Waals surface area (Å²) in [5.41, 5.74) is 5.11. The zero-order chi connectivity index (χ0) is 18.8. The molecule has 0 saturated carbocycles. The van der Waals surface area contributed by atoms with E-state index in [1.54, 1.807) is 16.4 Å². The van der Waals surface area contributed by atoms with Crippen LogP contribution in [0.1, 0.15) is 42.7 Å². The van der Waals surface area contributed by atoms with Crippen LogP contribution in [-0.4, -0.2) is 27.6 Å². The van der Waals surface area contributed by atoms with Crippen LogP contribution in [0.5, 0.6) is 0 Å². The first-order valence-corrected chi connectivity index (χ1v) is 9.94. The van der Waals surface area contributed by atoms with Crippen molar-refractivity contribution >= 4 is 29.4 Å². The van der Waals surface area contributed by atoms with E-state index in [0.717, 1.165) is 40.4 Å². The molecule has 1 aromatic heterocycles. The molecule has 0 bridgehead atoms. The summed E-state index contributed by atoms with van der Waals surface area (Å²) in [7, 11) is 0. The minimum atomic E-state index is -0.657. The third-order valence-corrected chi connectivity index (χ3v) is 5.53. The van der Waals surface area contributed by atoms with Crippen LogP contribution in [-0.2, 0) is 21.1 Å². The molecule has 26 heavy (non-hydrogen) atoms. The molecule has 2 aromatic rings. The highest BCUT2D eigenvalue weighted by atomic mass is 32.2. The van der Waals surface area contributed by atoms with Crippen LogP contribution in [0.2, 0.25) is 0 Å². The number of thioether (sulfide) groups is 1. The van der Waals surface area contributed by atoms with Crippen molar-refractivity contribution in [3.05, 3.63) is 40.6 Å². The number of aromatic nitrogens is 2. The number of aryl methyl sites for hydroxylation is 2. The molecule has 0 radical (unpaired) electrons. The largest absolute Gasteiger partial charge is 0.345 e. The fourth-order valence-electron chi connectivity index (χ4n) is 2.91. The Bertz CT molecular complexity index is 859. The Labute approximate surface area is 157 Å². The van der Waals surface area contributed by atoms with Gasteiger partial charge in [-0.25, -0.2) is 4.68 Å². The Morgan fingerprint density at radius 3 is 2.73 bits per heavy atom. The van der Waals surface area contributed by atoms with Gasteiger partial charge in [0.25, 0.3) is 0 Å². The summed E-state index contributed by atoms with van der Waals surface area (Å²) in [5, 5.41) is 10.2. The van der Waals surface area contributed by atoms with Crippen LogP contribution >= 0.6 is 11.8 Å². The first kappa shape index (κ1) is 18.5. The van der Waals surface area contributed by atoms with Crippen LogP contribution < -0.4 is 10.6 Å². The maximum absolute atomic E-state index is 12.4. The van der Waals surface area contributed by atoms with Crippen LogP contribution in [0.4, 0.5) is 5.82 Å². The van der Waals surface area contributed by atoms with Crippen molar-refractivity contribution in [1.29, 1.82) is 0 Å². The zero-order valence-corrected chi connectivity index (χ0v) is 16.4. The molecule has 1 aliphatic rings. The van der Waals surface area contributed by atoms with E-state index in [4.69, 9.17) is 5.10 Å². The molecule has 2 amide bonds. The molecule has 1 aliphatic heterocycles. The van der Waals surface area contributed by atoms with Crippen molar-refractivity contribution < 1.29 is 9.59 Å². The van der Waals surface area contributed by atoms with Crippen molar-refractivity contribution in [2.24, 2.45) is 0 Å². The first-order valence-electron chi connectivity index (χ1n) is 8.78. The first-order chi connectivity index (χ1) is 12.4. The minimum absolute atomic E-state index is 0.0428. The molecule has 7 heteroatoms. The maximum atomic E-state index is 12.4. The fraction of sp³-hybridized carbons (Fsp3) is 0.421. The molecule has 1 atom stereocenters. The van der Waals surface area contributed by atoms with Gasteiger partial charge in [0.2, 0.25) is 0 Å². The van der Waals surface area contributed by atoms with Crippen LogP contribution in [0, 0.1) is 13.8 Å². The molecular weight excluding hydrogens is 348 g/mol. The van der Waals surface area contributed by atoms with Gasteiger partial charge in [-0.05, 0) is 38.8 Å². The highest BCUT2D eigenvalue weighted by molar-refractivity contribution is 7.98. The summed E-state index contributed by atoms with van der Waals surface area (Å²) in [6.07, 6.45) is 0.769. The summed E-state index contributed by atoms with van der Waals surface area (Å²) in [5.74, 6) is 0.919. The Hall–Kier alpha value is -2.28. The SMILES string of the molecule is CC[C@@H](C)NC(=O)C(=O)Nc1c2c(nn1-c1ccc(C)cc1C)CSC2. The van der Waals surface area contributed by atoms with E-state index in [2.05, 4.69) is 16.7 Å². The van der Waals surface area contributed by atoms with Crippen molar-refractivity contribution in [3.8, 4) is 5.69 Å². The number of anilines is 1. The van der Waals surface area contributed by atoms with Gasteiger partial charge in [-0.15, -0.1) is 0 Å². The maximum Gasteiger partial charge on any atom is 0.314 e. The predicted octanol–water partition coefficient (Wildman–Crippen LogP) is 3.09. The van der Waals surface area contributed by atoms with Crippen molar-refractivity contribution in [2.75, 3.05) is 5.32 Å². The number of fused-ring (bicyclic) bond motifs is 1. The fourth-order valence-corrected chi connectivity index (χ4v) is 3.95. The van der Waals surface area contributed by atoms with Gasteiger partial charge in [-0.2, -0.15) is 16.9 Å². The summed E-state index contributed by atoms with van der Waals surface area (Å²) in [6, 6.07) is 6.05. The van der Waals surface area contributed by atoms with Gasteiger partial charge in [-0.3, -0.25) is 9.59 Å². The second-order valence-corrected chi connectivity index (χ2v) is 7.69. The molecule has 2 N–H and O–H groups in total.